The third-order valence-electron chi connectivity index (χ3n) is 3.03. The summed E-state index contributed by atoms with van der Waals surface area (Å²) in [5, 5.41) is 3.33. The number of carbonyl (C=O) groups is 1. The SMILES string of the molecule is O=C1c2ccccc2CC2NCCN12. The fourth-order valence-corrected chi connectivity index (χ4v) is 2.31. The van der Waals surface area contributed by atoms with E-state index >= 15 is 0 Å². The smallest absolute Gasteiger partial charge is 0.255 e. The summed E-state index contributed by atoms with van der Waals surface area (Å²) in [5.41, 5.74) is 2.06. The Kier molecular flexibility index (Phi) is 1.61. The standard InChI is InChI=1S/C11H12N2O/c14-11-9-4-2-1-3-8(9)7-10-12-5-6-13(10)11/h1-4,10,12H,5-7H2. The summed E-state index contributed by atoms with van der Waals surface area (Å²) in [4.78, 5) is 13.9. The van der Waals surface area contributed by atoms with Crippen LogP contribution in [0.25, 0.3) is 0 Å². The number of rotatable bonds is 0. The number of nitrogens with one attached hydrogen (secondary N) is 1. The highest BCUT2D eigenvalue weighted by atomic mass is 16.2. The van der Waals surface area contributed by atoms with Crippen molar-refractivity contribution in [2.45, 2.75) is 12.6 Å². The molecule has 0 spiro atoms. The third-order valence-corrected chi connectivity index (χ3v) is 3.03. The van der Waals surface area contributed by atoms with Crippen molar-refractivity contribution in [3.05, 3.63) is 35.4 Å². The van der Waals surface area contributed by atoms with Gasteiger partial charge in [-0.1, -0.05) is 18.2 Å². The molecule has 1 N–H and O–H groups in total. The minimum atomic E-state index is 0.182. The van der Waals surface area contributed by atoms with Crippen LogP contribution in [0.3, 0.4) is 0 Å². The van der Waals surface area contributed by atoms with Crippen molar-refractivity contribution in [2.75, 3.05) is 13.1 Å². The monoisotopic (exact) mass is 188 g/mol. The van der Waals surface area contributed by atoms with Crippen molar-refractivity contribution in [2.24, 2.45) is 0 Å². The minimum absolute atomic E-state index is 0.182. The number of fused-ring (bicyclic) bond motifs is 2. The highest BCUT2D eigenvalue weighted by molar-refractivity contribution is 5.97. The molecule has 1 atom stereocenters. The summed E-state index contributed by atoms with van der Waals surface area (Å²) in [5.74, 6) is 0.182. The average molecular weight is 188 g/mol. The lowest BCUT2D eigenvalue weighted by Gasteiger charge is -2.30. The predicted molar refractivity (Wildman–Crippen MR) is 53.0 cm³/mol. The summed E-state index contributed by atoms with van der Waals surface area (Å²) < 4.78 is 0. The first-order valence-corrected chi connectivity index (χ1v) is 4.98. The molecule has 1 aromatic carbocycles. The molecule has 1 saturated heterocycles. The normalized spacial score (nSPS) is 24.7. The number of nitrogens with zero attached hydrogens (tertiary/aromatic N) is 1. The van der Waals surface area contributed by atoms with Crippen molar-refractivity contribution in [3.8, 4) is 0 Å². The lowest BCUT2D eigenvalue weighted by molar-refractivity contribution is 0.0705. The molecule has 3 rings (SSSR count). The lowest BCUT2D eigenvalue weighted by Crippen LogP contribution is -2.45. The molecular formula is C11H12N2O. The second kappa shape index (κ2) is 2.82. The van der Waals surface area contributed by atoms with Crippen LogP contribution in [-0.2, 0) is 6.42 Å². The highest BCUT2D eigenvalue weighted by Crippen LogP contribution is 2.23. The Hall–Kier alpha value is -1.35. The molecule has 2 aliphatic heterocycles. The molecule has 3 heteroatoms. The van der Waals surface area contributed by atoms with Gasteiger partial charge in [0.1, 0.15) is 0 Å². The molecule has 1 fully saturated rings. The van der Waals surface area contributed by atoms with Crippen molar-refractivity contribution < 1.29 is 4.79 Å². The van der Waals surface area contributed by atoms with Crippen molar-refractivity contribution in [3.63, 3.8) is 0 Å². The molecular weight excluding hydrogens is 176 g/mol. The summed E-state index contributed by atoms with van der Waals surface area (Å²) in [6.45, 7) is 1.77. The largest absolute Gasteiger partial charge is 0.321 e. The van der Waals surface area contributed by atoms with Gasteiger partial charge in [0.05, 0.1) is 6.17 Å². The van der Waals surface area contributed by atoms with Crippen molar-refractivity contribution in [1.82, 2.24) is 10.2 Å². The minimum Gasteiger partial charge on any atom is -0.321 e. The van der Waals surface area contributed by atoms with Crippen molar-refractivity contribution >= 4 is 5.91 Å². The molecule has 0 aromatic heterocycles. The molecule has 2 aliphatic rings. The summed E-state index contributed by atoms with van der Waals surface area (Å²) >= 11 is 0. The second-order valence-electron chi connectivity index (χ2n) is 3.83. The first kappa shape index (κ1) is 8.00. The van der Waals surface area contributed by atoms with Crippen LogP contribution in [0.2, 0.25) is 0 Å². The van der Waals surface area contributed by atoms with Gasteiger partial charge in [0.15, 0.2) is 0 Å². The Morgan fingerprint density at radius 3 is 3.14 bits per heavy atom. The van der Waals surface area contributed by atoms with Crippen LogP contribution < -0.4 is 5.32 Å². The van der Waals surface area contributed by atoms with Crippen LogP contribution >= 0.6 is 0 Å². The number of benzene rings is 1. The van der Waals surface area contributed by atoms with Gasteiger partial charge in [0.25, 0.3) is 5.91 Å². The zero-order valence-corrected chi connectivity index (χ0v) is 7.86. The summed E-state index contributed by atoms with van der Waals surface area (Å²) in [6.07, 6.45) is 1.18. The fraction of sp³-hybridized carbons (Fsp3) is 0.364. The van der Waals surface area contributed by atoms with Gasteiger partial charge in [-0.2, -0.15) is 0 Å². The predicted octanol–water partition coefficient (Wildman–Crippen LogP) is 0.614. The van der Waals surface area contributed by atoms with E-state index in [9.17, 15) is 4.79 Å². The molecule has 3 nitrogen and oxygen atoms in total. The number of amides is 1. The molecule has 1 amide bonds. The van der Waals surface area contributed by atoms with Crippen LogP contribution in [-0.4, -0.2) is 30.1 Å². The first-order valence-electron chi connectivity index (χ1n) is 4.98. The van der Waals surface area contributed by atoms with Gasteiger partial charge >= 0.3 is 0 Å². The number of carbonyl (C=O) groups excluding carboxylic acids is 1. The van der Waals surface area contributed by atoms with Crippen LogP contribution in [0, 0.1) is 0 Å². The van der Waals surface area contributed by atoms with Crippen LogP contribution in [0.15, 0.2) is 24.3 Å². The van der Waals surface area contributed by atoms with E-state index in [0.29, 0.717) is 0 Å². The highest BCUT2D eigenvalue weighted by Gasteiger charge is 2.34. The van der Waals surface area contributed by atoms with Gasteiger partial charge < -0.3 is 4.90 Å². The van der Waals surface area contributed by atoms with E-state index in [4.69, 9.17) is 0 Å². The number of hydrogen-bond acceptors (Lipinski definition) is 2. The van der Waals surface area contributed by atoms with Gasteiger partial charge in [0, 0.05) is 25.1 Å². The Bertz CT molecular complexity index is 389. The molecule has 2 heterocycles. The maximum absolute atomic E-state index is 12.0. The van der Waals surface area contributed by atoms with E-state index in [0.717, 1.165) is 25.1 Å². The summed E-state index contributed by atoms with van der Waals surface area (Å²) in [7, 11) is 0. The zero-order valence-electron chi connectivity index (χ0n) is 7.86. The molecule has 14 heavy (non-hydrogen) atoms. The van der Waals surface area contributed by atoms with Crippen molar-refractivity contribution in [1.29, 1.82) is 0 Å². The van der Waals surface area contributed by atoms with Gasteiger partial charge in [-0.05, 0) is 11.6 Å². The number of hydrogen-bond donors (Lipinski definition) is 1. The Morgan fingerprint density at radius 1 is 1.36 bits per heavy atom. The Labute approximate surface area is 82.7 Å². The van der Waals surface area contributed by atoms with Gasteiger partial charge in [-0.25, -0.2) is 0 Å². The van der Waals surface area contributed by atoms with E-state index in [-0.39, 0.29) is 12.1 Å². The topological polar surface area (TPSA) is 32.3 Å². The average Bonchev–Trinajstić information content (AvgIpc) is 2.66. The molecule has 0 saturated carbocycles. The van der Waals surface area contributed by atoms with E-state index in [1.165, 1.54) is 5.56 Å². The maximum atomic E-state index is 12.0. The van der Waals surface area contributed by atoms with E-state index in [2.05, 4.69) is 5.32 Å². The Balaban J connectivity index is 2.08. The molecule has 0 radical (unpaired) electrons. The van der Waals surface area contributed by atoms with Crippen LogP contribution in [0.1, 0.15) is 15.9 Å². The molecule has 72 valence electrons. The second-order valence-corrected chi connectivity index (χ2v) is 3.83. The van der Waals surface area contributed by atoms with Crippen LogP contribution in [0.5, 0.6) is 0 Å². The fourth-order valence-electron chi connectivity index (χ4n) is 2.31. The van der Waals surface area contributed by atoms with E-state index in [1.807, 2.05) is 29.2 Å². The molecule has 0 bridgehead atoms. The first-order chi connectivity index (χ1) is 6.86. The molecule has 1 unspecified atom stereocenters. The van der Waals surface area contributed by atoms with Crippen LogP contribution in [0.4, 0.5) is 0 Å². The Morgan fingerprint density at radius 2 is 2.21 bits per heavy atom. The van der Waals surface area contributed by atoms with E-state index < -0.39 is 0 Å². The zero-order chi connectivity index (χ0) is 9.54. The molecule has 0 aliphatic carbocycles. The van der Waals surface area contributed by atoms with E-state index in [1.54, 1.807) is 0 Å². The van der Waals surface area contributed by atoms with Gasteiger partial charge in [-0.15, -0.1) is 0 Å². The summed E-state index contributed by atoms with van der Waals surface area (Å²) in [6, 6.07) is 7.90. The molecule has 1 aromatic rings. The maximum Gasteiger partial charge on any atom is 0.255 e. The quantitative estimate of drug-likeness (QED) is 0.647. The van der Waals surface area contributed by atoms with Gasteiger partial charge in [0.2, 0.25) is 0 Å². The third kappa shape index (κ3) is 0.990. The van der Waals surface area contributed by atoms with Gasteiger partial charge in [-0.3, -0.25) is 10.1 Å². The lowest BCUT2D eigenvalue weighted by atomic mass is 9.98.